The predicted octanol–water partition coefficient (Wildman–Crippen LogP) is 1.10. The Hall–Kier alpha value is -1.39. The number of carbonyl (C=O) groups is 1. The quantitative estimate of drug-likeness (QED) is 0.742. The Labute approximate surface area is 109 Å². The van der Waals surface area contributed by atoms with Gasteiger partial charge in [-0.2, -0.15) is 0 Å². The number of hydrogen-bond acceptors (Lipinski definition) is 3. The molecule has 0 aliphatic heterocycles. The number of carbonyl (C=O) groups excluding carboxylic acids is 1. The van der Waals surface area contributed by atoms with E-state index in [1.54, 1.807) is 19.1 Å². The summed E-state index contributed by atoms with van der Waals surface area (Å²) in [5, 5.41) is 1.60. The minimum Gasteiger partial charge on any atom is -0.320 e. The second-order valence-corrected chi connectivity index (χ2v) is 4.75. The number of hydrogen-bond donors (Lipinski definition) is 2. The number of amides is 1. The topological polar surface area (TPSA) is 58.4 Å². The van der Waals surface area contributed by atoms with Gasteiger partial charge in [0, 0.05) is 14.1 Å². The lowest BCUT2D eigenvalue weighted by Crippen LogP contribution is -2.47. The van der Waals surface area contributed by atoms with E-state index >= 15 is 0 Å². The van der Waals surface area contributed by atoms with Gasteiger partial charge in [-0.05, 0) is 24.0 Å². The Kier molecular flexibility index (Phi) is 5.82. The number of nitrogens with zero attached hydrogens (tertiary/aromatic N) is 1. The van der Waals surface area contributed by atoms with E-state index in [0.29, 0.717) is 6.42 Å². The summed E-state index contributed by atoms with van der Waals surface area (Å²) in [6, 6.07) is 7.80. The van der Waals surface area contributed by atoms with Crippen molar-refractivity contribution >= 4 is 5.91 Å². The molecule has 0 bridgehead atoms. The Bertz CT molecular complexity index is 373. The molecule has 4 nitrogen and oxygen atoms in total. The zero-order valence-electron chi connectivity index (χ0n) is 11.4. The van der Waals surface area contributed by atoms with Crippen molar-refractivity contribution in [2.24, 2.45) is 5.73 Å². The molecule has 0 heterocycles. The van der Waals surface area contributed by atoms with Gasteiger partial charge in [0.15, 0.2) is 0 Å². The Balaban J connectivity index is 2.53. The molecule has 0 saturated heterocycles. The summed E-state index contributed by atoms with van der Waals surface area (Å²) in [5.41, 5.74) is 10.9. The Morgan fingerprint density at radius 1 is 1.28 bits per heavy atom. The summed E-state index contributed by atoms with van der Waals surface area (Å²) in [7, 11) is 3.54. The van der Waals surface area contributed by atoms with Crippen molar-refractivity contribution in [2.45, 2.75) is 32.2 Å². The van der Waals surface area contributed by atoms with Gasteiger partial charge in [0.1, 0.15) is 0 Å². The zero-order chi connectivity index (χ0) is 13.5. The first-order valence-corrected chi connectivity index (χ1v) is 6.34. The van der Waals surface area contributed by atoms with Gasteiger partial charge in [-0.3, -0.25) is 10.2 Å². The van der Waals surface area contributed by atoms with E-state index in [4.69, 9.17) is 5.73 Å². The first-order chi connectivity index (χ1) is 8.52. The lowest BCUT2D eigenvalue weighted by molar-refractivity contribution is -0.126. The van der Waals surface area contributed by atoms with Crippen LogP contribution in [0.15, 0.2) is 24.3 Å². The minimum absolute atomic E-state index is 0.155. The fraction of sp³-hybridized carbons (Fsp3) is 0.500. The molecular formula is C14H23N3O. The maximum atomic E-state index is 11.6. The number of hydrazine groups is 1. The number of benzene rings is 1. The van der Waals surface area contributed by atoms with Crippen LogP contribution < -0.4 is 11.2 Å². The number of nitrogens with two attached hydrogens (primary N) is 1. The van der Waals surface area contributed by atoms with Crippen LogP contribution in [0.1, 0.15) is 24.5 Å². The van der Waals surface area contributed by atoms with Crippen LogP contribution in [0, 0.1) is 0 Å². The van der Waals surface area contributed by atoms with E-state index in [1.165, 1.54) is 5.56 Å². The maximum Gasteiger partial charge on any atom is 0.251 e. The van der Waals surface area contributed by atoms with Gasteiger partial charge in [0.05, 0.1) is 6.04 Å². The van der Waals surface area contributed by atoms with Crippen molar-refractivity contribution in [1.29, 1.82) is 0 Å². The molecule has 4 heteroatoms. The predicted molar refractivity (Wildman–Crippen MR) is 73.9 cm³/mol. The number of nitrogens with one attached hydrogen (secondary N) is 1. The van der Waals surface area contributed by atoms with Crippen LogP contribution >= 0.6 is 0 Å². The van der Waals surface area contributed by atoms with E-state index in [9.17, 15) is 4.79 Å². The van der Waals surface area contributed by atoms with Gasteiger partial charge < -0.3 is 5.73 Å². The van der Waals surface area contributed by atoms with Crippen LogP contribution in [-0.2, 0) is 17.6 Å². The van der Waals surface area contributed by atoms with E-state index in [2.05, 4.69) is 24.5 Å². The van der Waals surface area contributed by atoms with Crippen LogP contribution in [0.3, 0.4) is 0 Å². The third kappa shape index (κ3) is 4.85. The normalized spacial score (nSPS) is 12.5. The van der Waals surface area contributed by atoms with Gasteiger partial charge in [0.2, 0.25) is 0 Å². The molecule has 0 spiro atoms. The summed E-state index contributed by atoms with van der Waals surface area (Å²) in [5.74, 6) is -0.155. The van der Waals surface area contributed by atoms with Crippen molar-refractivity contribution in [3.63, 3.8) is 0 Å². The molecule has 100 valence electrons. The standard InChI is InChI=1S/C14H23N3O/c1-4-5-11-6-8-12(9-7-11)10-13(15)14(18)16-17(2)3/h6-9,13H,4-5,10,15H2,1-3H3,(H,16,18). The highest BCUT2D eigenvalue weighted by Gasteiger charge is 2.14. The van der Waals surface area contributed by atoms with E-state index < -0.39 is 6.04 Å². The average Bonchev–Trinajstić information content (AvgIpc) is 2.31. The van der Waals surface area contributed by atoms with E-state index in [-0.39, 0.29) is 5.91 Å². The summed E-state index contributed by atoms with van der Waals surface area (Å²) < 4.78 is 0. The Morgan fingerprint density at radius 2 is 1.83 bits per heavy atom. The molecule has 3 N–H and O–H groups in total. The average molecular weight is 249 g/mol. The smallest absolute Gasteiger partial charge is 0.251 e. The highest BCUT2D eigenvalue weighted by molar-refractivity contribution is 5.81. The second-order valence-electron chi connectivity index (χ2n) is 4.75. The monoisotopic (exact) mass is 249 g/mol. The van der Waals surface area contributed by atoms with Crippen LogP contribution in [0.5, 0.6) is 0 Å². The van der Waals surface area contributed by atoms with Crippen molar-refractivity contribution in [1.82, 2.24) is 10.4 Å². The third-order valence-corrected chi connectivity index (χ3v) is 2.69. The first kappa shape index (κ1) is 14.7. The first-order valence-electron chi connectivity index (χ1n) is 6.34. The van der Waals surface area contributed by atoms with Crippen LogP contribution in [-0.4, -0.2) is 31.1 Å². The van der Waals surface area contributed by atoms with Crippen molar-refractivity contribution in [2.75, 3.05) is 14.1 Å². The fourth-order valence-electron chi connectivity index (χ4n) is 1.78. The lowest BCUT2D eigenvalue weighted by atomic mass is 10.0. The van der Waals surface area contributed by atoms with Crippen LogP contribution in [0.25, 0.3) is 0 Å². The fourth-order valence-corrected chi connectivity index (χ4v) is 1.78. The van der Waals surface area contributed by atoms with Crippen LogP contribution in [0.2, 0.25) is 0 Å². The molecule has 18 heavy (non-hydrogen) atoms. The van der Waals surface area contributed by atoms with Crippen molar-refractivity contribution in [3.05, 3.63) is 35.4 Å². The Morgan fingerprint density at radius 3 is 2.33 bits per heavy atom. The van der Waals surface area contributed by atoms with E-state index in [1.807, 2.05) is 12.1 Å². The zero-order valence-corrected chi connectivity index (χ0v) is 11.4. The van der Waals surface area contributed by atoms with Gasteiger partial charge in [0.25, 0.3) is 5.91 Å². The molecule has 1 rings (SSSR count). The third-order valence-electron chi connectivity index (χ3n) is 2.69. The van der Waals surface area contributed by atoms with Gasteiger partial charge >= 0.3 is 0 Å². The highest BCUT2D eigenvalue weighted by Crippen LogP contribution is 2.08. The van der Waals surface area contributed by atoms with Crippen LogP contribution in [0.4, 0.5) is 0 Å². The van der Waals surface area contributed by atoms with Crippen molar-refractivity contribution in [3.8, 4) is 0 Å². The highest BCUT2D eigenvalue weighted by atomic mass is 16.2. The maximum absolute atomic E-state index is 11.6. The summed E-state index contributed by atoms with van der Waals surface area (Å²) >= 11 is 0. The molecule has 0 fully saturated rings. The van der Waals surface area contributed by atoms with Gasteiger partial charge in [-0.15, -0.1) is 0 Å². The van der Waals surface area contributed by atoms with Gasteiger partial charge in [-0.25, -0.2) is 5.01 Å². The molecule has 1 atom stereocenters. The number of rotatable bonds is 6. The number of aryl methyl sites for hydroxylation is 1. The molecule has 0 radical (unpaired) electrons. The molecule has 0 saturated carbocycles. The molecule has 1 aromatic rings. The minimum atomic E-state index is -0.510. The largest absolute Gasteiger partial charge is 0.320 e. The van der Waals surface area contributed by atoms with Gasteiger partial charge in [-0.1, -0.05) is 37.6 Å². The molecule has 1 unspecified atom stereocenters. The SMILES string of the molecule is CCCc1ccc(CC(N)C(=O)NN(C)C)cc1. The molecular weight excluding hydrogens is 226 g/mol. The molecule has 1 aromatic carbocycles. The summed E-state index contributed by atoms with van der Waals surface area (Å²) in [6.07, 6.45) is 2.80. The van der Waals surface area contributed by atoms with E-state index in [0.717, 1.165) is 18.4 Å². The molecule has 1 amide bonds. The summed E-state index contributed by atoms with van der Waals surface area (Å²) in [4.78, 5) is 11.6. The van der Waals surface area contributed by atoms with Crippen molar-refractivity contribution < 1.29 is 4.79 Å². The molecule has 0 aliphatic carbocycles. The second kappa shape index (κ2) is 7.13. The molecule has 0 aliphatic rings. The summed E-state index contributed by atoms with van der Waals surface area (Å²) in [6.45, 7) is 2.16. The molecule has 0 aromatic heterocycles. The lowest BCUT2D eigenvalue weighted by Gasteiger charge is -2.16.